The van der Waals surface area contributed by atoms with Gasteiger partial charge in [-0.2, -0.15) is 0 Å². The number of H-pyrrole nitrogens is 1. The summed E-state index contributed by atoms with van der Waals surface area (Å²) in [5.41, 5.74) is 1.85. The highest BCUT2D eigenvalue weighted by molar-refractivity contribution is 7.90. The van der Waals surface area contributed by atoms with Crippen molar-refractivity contribution in [3.8, 4) is 0 Å². The van der Waals surface area contributed by atoms with Crippen LogP contribution in [0.5, 0.6) is 0 Å². The molecule has 0 spiro atoms. The number of carbonyl (C=O) groups excluding carboxylic acids is 1. The molecule has 2 aromatic heterocycles. The van der Waals surface area contributed by atoms with Crippen LogP contribution in [0.3, 0.4) is 0 Å². The van der Waals surface area contributed by atoms with E-state index in [1.807, 2.05) is 44.3 Å². The van der Waals surface area contributed by atoms with Crippen LogP contribution < -0.4 is 5.32 Å². The Morgan fingerprint density at radius 1 is 1.26 bits per heavy atom. The number of sulfone groups is 1. The number of amides is 1. The SMILES string of the molecule is CC(C)C[C@H](NC(=O)Cc1c[nH]c2ccccc12)c1nnc(S(C)(=O)=O)o1. The lowest BCUT2D eigenvalue weighted by Crippen LogP contribution is -2.31. The van der Waals surface area contributed by atoms with Crippen LogP contribution in [0.25, 0.3) is 10.9 Å². The number of para-hydroxylation sites is 1. The van der Waals surface area contributed by atoms with Gasteiger partial charge < -0.3 is 14.7 Å². The molecule has 0 aliphatic carbocycles. The van der Waals surface area contributed by atoms with Crippen molar-refractivity contribution in [2.75, 3.05) is 6.26 Å². The van der Waals surface area contributed by atoms with Gasteiger partial charge in [-0.1, -0.05) is 37.1 Å². The fourth-order valence-electron chi connectivity index (χ4n) is 2.90. The van der Waals surface area contributed by atoms with Crippen molar-refractivity contribution in [2.24, 2.45) is 5.92 Å². The molecule has 1 aromatic carbocycles. The Bertz CT molecular complexity index is 1050. The molecule has 0 aliphatic rings. The first-order valence-corrected chi connectivity index (χ1v) is 10.5. The monoisotopic (exact) mass is 390 g/mol. The molecule has 0 saturated carbocycles. The predicted molar refractivity (Wildman–Crippen MR) is 99.7 cm³/mol. The van der Waals surface area contributed by atoms with Crippen LogP contribution in [0.1, 0.15) is 37.8 Å². The Hall–Kier alpha value is -2.68. The predicted octanol–water partition coefficient (Wildman–Crippen LogP) is 2.40. The summed E-state index contributed by atoms with van der Waals surface area (Å²) in [4.78, 5) is 15.7. The van der Waals surface area contributed by atoms with E-state index in [0.29, 0.717) is 6.42 Å². The molecular weight excluding hydrogens is 368 g/mol. The smallest absolute Gasteiger partial charge is 0.335 e. The van der Waals surface area contributed by atoms with Crippen LogP contribution in [-0.2, 0) is 21.1 Å². The lowest BCUT2D eigenvalue weighted by molar-refractivity contribution is -0.121. The van der Waals surface area contributed by atoms with Gasteiger partial charge >= 0.3 is 5.22 Å². The van der Waals surface area contributed by atoms with Gasteiger partial charge in [-0.25, -0.2) is 8.42 Å². The molecule has 0 bridgehead atoms. The third-order valence-electron chi connectivity index (χ3n) is 4.11. The fourth-order valence-corrected chi connectivity index (χ4v) is 3.33. The van der Waals surface area contributed by atoms with E-state index in [1.165, 1.54) is 0 Å². The van der Waals surface area contributed by atoms with Crippen LogP contribution in [0, 0.1) is 5.92 Å². The van der Waals surface area contributed by atoms with Crippen LogP contribution >= 0.6 is 0 Å². The minimum Gasteiger partial charge on any atom is -0.410 e. The fraction of sp³-hybridized carbons (Fsp3) is 0.389. The zero-order valence-electron chi connectivity index (χ0n) is 15.4. The van der Waals surface area contributed by atoms with E-state index in [0.717, 1.165) is 22.7 Å². The average molecular weight is 390 g/mol. The number of aromatic nitrogens is 3. The Morgan fingerprint density at radius 2 is 2.00 bits per heavy atom. The molecule has 144 valence electrons. The van der Waals surface area contributed by atoms with Gasteiger partial charge in [-0.15, -0.1) is 5.10 Å². The van der Waals surface area contributed by atoms with Gasteiger partial charge in [0.25, 0.3) is 0 Å². The summed E-state index contributed by atoms with van der Waals surface area (Å²) >= 11 is 0. The largest absolute Gasteiger partial charge is 0.410 e. The number of aromatic amines is 1. The summed E-state index contributed by atoms with van der Waals surface area (Å²) in [5, 5.41) is 10.8. The quantitative estimate of drug-likeness (QED) is 0.639. The van der Waals surface area contributed by atoms with Gasteiger partial charge in [0, 0.05) is 23.4 Å². The van der Waals surface area contributed by atoms with Gasteiger partial charge in [0.1, 0.15) is 6.04 Å². The number of rotatable bonds is 7. The summed E-state index contributed by atoms with van der Waals surface area (Å²) in [6, 6.07) is 7.20. The molecule has 0 aliphatic heterocycles. The third kappa shape index (κ3) is 4.54. The summed E-state index contributed by atoms with van der Waals surface area (Å²) in [6.45, 7) is 3.99. The minimum atomic E-state index is -3.59. The molecule has 2 heterocycles. The maximum atomic E-state index is 12.6. The van der Waals surface area contributed by atoms with Gasteiger partial charge in [0.15, 0.2) is 0 Å². The highest BCUT2D eigenvalue weighted by atomic mass is 32.2. The molecule has 1 amide bonds. The highest BCUT2D eigenvalue weighted by Crippen LogP contribution is 2.23. The first-order valence-electron chi connectivity index (χ1n) is 8.62. The summed E-state index contributed by atoms with van der Waals surface area (Å²) in [5.74, 6) is 0.123. The van der Waals surface area contributed by atoms with Crippen LogP contribution in [0.4, 0.5) is 0 Å². The van der Waals surface area contributed by atoms with Crippen molar-refractivity contribution in [3.63, 3.8) is 0 Å². The van der Waals surface area contributed by atoms with E-state index in [-0.39, 0.29) is 24.1 Å². The molecular formula is C18H22N4O4S. The van der Waals surface area contributed by atoms with E-state index in [9.17, 15) is 13.2 Å². The van der Waals surface area contributed by atoms with Crippen molar-refractivity contribution in [3.05, 3.63) is 41.9 Å². The summed E-state index contributed by atoms with van der Waals surface area (Å²) < 4.78 is 28.4. The van der Waals surface area contributed by atoms with Crippen molar-refractivity contribution >= 4 is 26.6 Å². The highest BCUT2D eigenvalue weighted by Gasteiger charge is 2.25. The van der Waals surface area contributed by atoms with E-state index in [2.05, 4.69) is 20.5 Å². The third-order valence-corrected chi connectivity index (χ3v) is 4.91. The second kappa shape index (κ2) is 7.51. The number of benzene rings is 1. The van der Waals surface area contributed by atoms with Gasteiger partial charge in [0.2, 0.25) is 21.6 Å². The van der Waals surface area contributed by atoms with Crippen molar-refractivity contribution in [1.82, 2.24) is 20.5 Å². The zero-order valence-corrected chi connectivity index (χ0v) is 16.2. The molecule has 0 saturated heterocycles. The second-order valence-electron chi connectivity index (χ2n) is 6.96. The maximum absolute atomic E-state index is 12.6. The Balaban J connectivity index is 1.78. The topological polar surface area (TPSA) is 118 Å². The van der Waals surface area contributed by atoms with E-state index >= 15 is 0 Å². The van der Waals surface area contributed by atoms with E-state index in [1.54, 1.807) is 0 Å². The van der Waals surface area contributed by atoms with Crippen molar-refractivity contribution in [1.29, 1.82) is 0 Å². The van der Waals surface area contributed by atoms with Crippen molar-refractivity contribution < 1.29 is 17.6 Å². The molecule has 0 radical (unpaired) electrons. The average Bonchev–Trinajstić information content (AvgIpc) is 3.21. The molecule has 3 aromatic rings. The molecule has 9 heteroatoms. The number of hydrogen-bond donors (Lipinski definition) is 2. The molecule has 8 nitrogen and oxygen atoms in total. The number of nitrogens with one attached hydrogen (secondary N) is 2. The molecule has 3 rings (SSSR count). The van der Waals surface area contributed by atoms with E-state index in [4.69, 9.17) is 4.42 Å². The molecule has 1 atom stereocenters. The first kappa shape index (κ1) is 19.1. The Morgan fingerprint density at radius 3 is 2.67 bits per heavy atom. The molecule has 0 fully saturated rings. The van der Waals surface area contributed by atoms with Crippen molar-refractivity contribution in [2.45, 2.75) is 38.0 Å². The number of nitrogens with zero attached hydrogens (tertiary/aromatic N) is 2. The van der Waals surface area contributed by atoms with Crippen LogP contribution in [-0.4, -0.2) is 35.8 Å². The van der Waals surface area contributed by atoms with Crippen LogP contribution in [0.15, 0.2) is 40.1 Å². The molecule has 27 heavy (non-hydrogen) atoms. The lowest BCUT2D eigenvalue weighted by atomic mass is 10.0. The summed E-state index contributed by atoms with van der Waals surface area (Å²) in [6.07, 6.45) is 3.55. The number of hydrogen-bond acceptors (Lipinski definition) is 6. The van der Waals surface area contributed by atoms with E-state index < -0.39 is 21.1 Å². The first-order chi connectivity index (χ1) is 12.7. The maximum Gasteiger partial charge on any atom is 0.335 e. The Labute approximate surface area is 157 Å². The minimum absolute atomic E-state index is 0.0939. The van der Waals surface area contributed by atoms with Gasteiger partial charge in [-0.3, -0.25) is 4.79 Å². The van der Waals surface area contributed by atoms with Gasteiger partial charge in [0.05, 0.1) is 6.42 Å². The number of carbonyl (C=O) groups is 1. The standard InChI is InChI=1S/C18H22N4O4S/c1-11(2)8-15(17-21-22-18(26-17)27(3,24)25)20-16(23)9-12-10-19-14-7-5-4-6-13(12)14/h4-7,10-11,15,19H,8-9H2,1-3H3,(H,20,23)/t15-/m0/s1. The van der Waals surface area contributed by atoms with Crippen LogP contribution in [0.2, 0.25) is 0 Å². The lowest BCUT2D eigenvalue weighted by Gasteiger charge is -2.17. The normalized spacial score (nSPS) is 13.2. The van der Waals surface area contributed by atoms with Gasteiger partial charge in [-0.05, 0) is 24.0 Å². The summed E-state index contributed by atoms with van der Waals surface area (Å²) in [7, 11) is -3.59. The molecule has 2 N–H and O–H groups in total. The molecule has 0 unspecified atom stereocenters. The second-order valence-corrected chi connectivity index (χ2v) is 8.86. The number of fused-ring (bicyclic) bond motifs is 1. The Kier molecular flexibility index (Phi) is 5.31. The zero-order chi connectivity index (χ0) is 19.6.